The monoisotopic (exact) mass is 340 g/mol. The van der Waals surface area contributed by atoms with E-state index in [1.54, 1.807) is 0 Å². The predicted molar refractivity (Wildman–Crippen MR) is 74.8 cm³/mol. The molecule has 1 aliphatic heterocycles. The second-order valence-electron chi connectivity index (χ2n) is 4.43. The number of alkyl halides is 1. The highest BCUT2D eigenvalue weighted by molar-refractivity contribution is 7.99. The molecule has 2 N–H and O–H groups in total. The molecule has 1 aromatic rings. The first-order valence-electron chi connectivity index (χ1n) is 5.66. The Bertz CT molecular complexity index is 668. The molecule has 0 spiro atoms. The molecule has 2 heterocycles. The summed E-state index contributed by atoms with van der Waals surface area (Å²) >= 11 is 6.97. The van der Waals surface area contributed by atoms with E-state index in [2.05, 4.69) is 15.5 Å². The number of rotatable bonds is 4. The lowest BCUT2D eigenvalue weighted by atomic mass is 10.2. The van der Waals surface area contributed by atoms with Gasteiger partial charge in [0, 0.05) is 7.05 Å². The van der Waals surface area contributed by atoms with Crippen LogP contribution in [0.3, 0.4) is 0 Å². The highest BCUT2D eigenvalue weighted by atomic mass is 35.5. The molecular weight excluding hydrogens is 328 g/mol. The van der Waals surface area contributed by atoms with Crippen molar-refractivity contribution in [2.24, 2.45) is 7.05 Å². The van der Waals surface area contributed by atoms with Crippen LogP contribution in [0, 0.1) is 0 Å². The standard InChI is InChI=1S/C9H13ClN4O4S2/c1-14-8(16)12-13-9(14)19-2-7(15)11-6-4-20(17,18)3-5(6)10/h5-6H,2-4H2,1H3,(H,11,15)(H,12,16)/t5-,6-/m0/s1. The summed E-state index contributed by atoms with van der Waals surface area (Å²) in [4.78, 5) is 22.9. The van der Waals surface area contributed by atoms with Gasteiger partial charge in [0.2, 0.25) is 5.91 Å². The third-order valence-corrected chi connectivity index (χ3v) is 6.21. The number of hydrogen-bond acceptors (Lipinski definition) is 6. The molecule has 1 aliphatic rings. The van der Waals surface area contributed by atoms with Gasteiger partial charge in [0.15, 0.2) is 15.0 Å². The van der Waals surface area contributed by atoms with E-state index in [1.807, 2.05) is 0 Å². The number of aromatic amines is 1. The molecule has 0 bridgehead atoms. The van der Waals surface area contributed by atoms with Crippen LogP contribution in [-0.2, 0) is 21.7 Å². The number of hydrogen-bond donors (Lipinski definition) is 2. The highest BCUT2D eigenvalue weighted by Crippen LogP contribution is 2.18. The van der Waals surface area contributed by atoms with Crippen LogP contribution in [0.15, 0.2) is 9.95 Å². The van der Waals surface area contributed by atoms with Crippen LogP contribution < -0.4 is 11.0 Å². The smallest absolute Gasteiger partial charge is 0.343 e. The summed E-state index contributed by atoms with van der Waals surface area (Å²) in [7, 11) is -1.64. The van der Waals surface area contributed by atoms with Crippen LogP contribution in [-0.4, -0.2) is 57.8 Å². The van der Waals surface area contributed by atoms with E-state index in [4.69, 9.17) is 11.6 Å². The summed E-state index contributed by atoms with van der Waals surface area (Å²) in [6.07, 6.45) is 0. The second-order valence-corrected chi connectivity index (χ2v) is 8.08. The van der Waals surface area contributed by atoms with Crippen molar-refractivity contribution in [1.82, 2.24) is 20.1 Å². The minimum Gasteiger partial charge on any atom is -0.350 e. The van der Waals surface area contributed by atoms with Gasteiger partial charge in [0.05, 0.1) is 28.7 Å². The fourth-order valence-corrected chi connectivity index (χ4v) is 5.06. The summed E-state index contributed by atoms with van der Waals surface area (Å²) in [6, 6.07) is -0.572. The van der Waals surface area contributed by atoms with Crippen LogP contribution in [0.2, 0.25) is 0 Å². The fraction of sp³-hybridized carbons (Fsp3) is 0.667. The molecule has 1 amide bonds. The quantitative estimate of drug-likeness (QED) is 0.521. The van der Waals surface area contributed by atoms with E-state index in [-0.39, 0.29) is 28.9 Å². The zero-order valence-electron chi connectivity index (χ0n) is 10.5. The molecular formula is C9H13ClN4O4S2. The van der Waals surface area contributed by atoms with E-state index in [0.717, 1.165) is 11.8 Å². The Morgan fingerprint density at radius 3 is 2.80 bits per heavy atom. The number of aromatic nitrogens is 3. The first-order chi connectivity index (χ1) is 9.28. The van der Waals surface area contributed by atoms with Gasteiger partial charge in [-0.15, -0.1) is 16.7 Å². The second kappa shape index (κ2) is 5.78. The summed E-state index contributed by atoms with van der Waals surface area (Å²) in [5.74, 6) is -0.588. The maximum absolute atomic E-state index is 11.7. The largest absolute Gasteiger partial charge is 0.350 e. The number of nitrogens with zero attached hydrogens (tertiary/aromatic N) is 2. The van der Waals surface area contributed by atoms with E-state index in [1.165, 1.54) is 11.6 Å². The Kier molecular flexibility index (Phi) is 4.45. The van der Waals surface area contributed by atoms with Gasteiger partial charge >= 0.3 is 5.69 Å². The predicted octanol–water partition coefficient (Wildman–Crippen LogP) is -1.28. The molecule has 8 nitrogen and oxygen atoms in total. The average Bonchev–Trinajstić information content (AvgIpc) is 2.78. The van der Waals surface area contributed by atoms with Crippen molar-refractivity contribution in [2.45, 2.75) is 16.6 Å². The first-order valence-corrected chi connectivity index (χ1v) is 8.91. The Hall–Kier alpha value is -1.00. The molecule has 0 aromatic carbocycles. The number of sulfone groups is 1. The molecule has 0 aliphatic carbocycles. The van der Waals surface area contributed by atoms with Crippen molar-refractivity contribution in [2.75, 3.05) is 17.3 Å². The maximum Gasteiger partial charge on any atom is 0.343 e. The Labute approximate surface area is 124 Å². The third kappa shape index (κ3) is 3.55. The van der Waals surface area contributed by atoms with Crippen LogP contribution >= 0.6 is 23.4 Å². The molecule has 20 heavy (non-hydrogen) atoms. The van der Waals surface area contributed by atoms with Crippen LogP contribution in [0.4, 0.5) is 0 Å². The number of nitrogens with one attached hydrogen (secondary N) is 2. The summed E-state index contributed by atoms with van der Waals surface area (Å²) in [5.41, 5.74) is -0.365. The maximum atomic E-state index is 11.7. The van der Waals surface area contributed by atoms with E-state index >= 15 is 0 Å². The molecule has 1 saturated heterocycles. The number of thioether (sulfide) groups is 1. The SMILES string of the molecule is Cn1c(SCC(=O)N[C@H]2CS(=O)(=O)C[C@@H]2Cl)n[nH]c1=O. The lowest BCUT2D eigenvalue weighted by molar-refractivity contribution is -0.119. The van der Waals surface area contributed by atoms with Gasteiger partial charge in [0.25, 0.3) is 0 Å². The van der Waals surface area contributed by atoms with Crippen LogP contribution in [0.1, 0.15) is 0 Å². The van der Waals surface area contributed by atoms with E-state index in [9.17, 15) is 18.0 Å². The van der Waals surface area contributed by atoms with E-state index in [0.29, 0.717) is 5.16 Å². The molecule has 2 rings (SSSR count). The van der Waals surface area contributed by atoms with Crippen molar-refractivity contribution in [3.8, 4) is 0 Å². The van der Waals surface area contributed by atoms with Gasteiger partial charge in [-0.2, -0.15) is 0 Å². The van der Waals surface area contributed by atoms with Crippen molar-refractivity contribution in [3.63, 3.8) is 0 Å². The third-order valence-electron chi connectivity index (χ3n) is 2.80. The summed E-state index contributed by atoms with van der Waals surface area (Å²) < 4.78 is 24.0. The van der Waals surface area contributed by atoms with Crippen molar-refractivity contribution < 1.29 is 13.2 Å². The van der Waals surface area contributed by atoms with Crippen LogP contribution in [0.25, 0.3) is 0 Å². The lowest BCUT2D eigenvalue weighted by Crippen LogP contribution is -2.41. The highest BCUT2D eigenvalue weighted by Gasteiger charge is 2.37. The number of carbonyl (C=O) groups is 1. The summed E-state index contributed by atoms with van der Waals surface area (Å²) in [6.45, 7) is 0. The van der Waals surface area contributed by atoms with Gasteiger partial charge < -0.3 is 5.32 Å². The molecule has 11 heteroatoms. The van der Waals surface area contributed by atoms with Crippen molar-refractivity contribution >= 4 is 39.1 Å². The molecule has 0 radical (unpaired) electrons. The molecule has 0 saturated carbocycles. The van der Waals surface area contributed by atoms with Gasteiger partial charge in [-0.25, -0.2) is 18.3 Å². The first kappa shape index (κ1) is 15.4. The van der Waals surface area contributed by atoms with Gasteiger partial charge in [0.1, 0.15) is 0 Å². The fourth-order valence-electron chi connectivity index (χ4n) is 1.78. The van der Waals surface area contributed by atoms with E-state index < -0.39 is 21.3 Å². The average molecular weight is 341 g/mol. The van der Waals surface area contributed by atoms with Gasteiger partial charge in [-0.05, 0) is 0 Å². The van der Waals surface area contributed by atoms with Crippen LogP contribution in [0.5, 0.6) is 0 Å². The number of H-pyrrole nitrogens is 1. The number of halogens is 1. The van der Waals surface area contributed by atoms with Gasteiger partial charge in [-0.3, -0.25) is 9.36 Å². The van der Waals surface area contributed by atoms with Crippen molar-refractivity contribution in [3.05, 3.63) is 10.5 Å². The molecule has 2 atom stereocenters. The topological polar surface area (TPSA) is 114 Å². The Morgan fingerprint density at radius 1 is 1.60 bits per heavy atom. The van der Waals surface area contributed by atoms with Crippen molar-refractivity contribution in [1.29, 1.82) is 0 Å². The summed E-state index contributed by atoms with van der Waals surface area (Å²) in [5, 5.41) is 8.36. The minimum atomic E-state index is -3.18. The van der Waals surface area contributed by atoms with Gasteiger partial charge in [-0.1, -0.05) is 11.8 Å². The molecule has 1 fully saturated rings. The number of amides is 1. The number of carbonyl (C=O) groups excluding carboxylic acids is 1. The normalized spacial score (nSPS) is 24.7. The zero-order valence-corrected chi connectivity index (χ0v) is 12.9. The minimum absolute atomic E-state index is 0.0261. The Morgan fingerprint density at radius 2 is 2.30 bits per heavy atom. The molecule has 0 unspecified atom stereocenters. The zero-order chi connectivity index (χ0) is 14.9. The molecule has 112 valence electrons. The lowest BCUT2D eigenvalue weighted by Gasteiger charge is -2.13. The molecule has 1 aromatic heterocycles. The Balaban J connectivity index is 1.87.